The molecule has 0 unspecified atom stereocenters. The first-order chi connectivity index (χ1) is 43.0. The molecule has 0 spiro atoms. The topological polar surface area (TPSA) is 269 Å². The third-order valence-electron chi connectivity index (χ3n) is 21.1. The highest BCUT2D eigenvalue weighted by molar-refractivity contribution is 5.93. The molecule has 89 heavy (non-hydrogen) atoms. The van der Waals surface area contributed by atoms with Crippen LogP contribution in [-0.2, 0) is 40.6 Å². The lowest BCUT2D eigenvalue weighted by molar-refractivity contribution is -0.384. The average Bonchev–Trinajstić information content (AvgIpc) is 1.70. The van der Waals surface area contributed by atoms with Crippen molar-refractivity contribution >= 4 is 40.6 Å². The molecule has 2 aromatic heterocycles. The van der Waals surface area contributed by atoms with Crippen LogP contribution in [0.1, 0.15) is 139 Å². The van der Waals surface area contributed by atoms with Crippen molar-refractivity contribution < 1.29 is 58.3 Å². The number of aliphatic hydroxyl groups excluding tert-OH is 3. The number of para-hydroxylation sites is 1. The normalized spacial score (nSPS) is 28.4. The fourth-order valence-electron chi connectivity index (χ4n) is 16.5. The van der Waals surface area contributed by atoms with E-state index in [4.69, 9.17) is 23.7 Å². The molecule has 5 fully saturated rings. The van der Waals surface area contributed by atoms with Gasteiger partial charge in [0.25, 0.3) is 5.69 Å². The minimum atomic E-state index is -1.18. The van der Waals surface area contributed by atoms with Crippen LogP contribution in [0, 0.1) is 56.5 Å². The van der Waals surface area contributed by atoms with Gasteiger partial charge in [-0.3, -0.25) is 29.6 Å². The summed E-state index contributed by atoms with van der Waals surface area (Å²) in [6, 6.07) is 33.5. The van der Waals surface area contributed by atoms with Crippen molar-refractivity contribution in [2.75, 3.05) is 32.2 Å². The van der Waals surface area contributed by atoms with Crippen LogP contribution in [0.15, 0.2) is 122 Å². The van der Waals surface area contributed by atoms with Crippen molar-refractivity contribution in [3.05, 3.63) is 154 Å². The predicted molar refractivity (Wildman–Crippen MR) is 331 cm³/mol. The van der Waals surface area contributed by atoms with Crippen LogP contribution in [0.5, 0.6) is 5.75 Å². The molecular formula is C69H85N7O13. The van der Waals surface area contributed by atoms with Gasteiger partial charge in [0, 0.05) is 49.9 Å². The molecule has 20 nitrogen and oxygen atoms in total. The highest BCUT2D eigenvalue weighted by atomic mass is 16.6. The van der Waals surface area contributed by atoms with Gasteiger partial charge in [-0.25, -0.2) is 19.7 Å². The summed E-state index contributed by atoms with van der Waals surface area (Å²) in [6.07, 6.45) is 7.80. The Labute approximate surface area is 519 Å². The number of nitro benzene ring substituents is 1. The van der Waals surface area contributed by atoms with E-state index in [9.17, 15) is 39.8 Å². The van der Waals surface area contributed by atoms with Gasteiger partial charge in [-0.05, 0) is 133 Å². The zero-order valence-electron chi connectivity index (χ0n) is 51.4. The second-order valence-electron chi connectivity index (χ2n) is 26.0. The Morgan fingerprint density at radius 1 is 0.843 bits per heavy atom. The largest absolute Gasteiger partial charge is 0.496 e. The first-order valence-corrected chi connectivity index (χ1v) is 31.9. The maximum absolute atomic E-state index is 13.9. The van der Waals surface area contributed by atoms with Gasteiger partial charge < -0.3 is 44.3 Å². The van der Waals surface area contributed by atoms with E-state index in [0.29, 0.717) is 62.9 Å². The number of nitrogens with zero attached hydrogens (tertiary/aromatic N) is 5. The fraction of sp³-hybridized carbons (Fsp3) is 0.536. The predicted octanol–water partition coefficient (Wildman–Crippen LogP) is 10.8. The molecule has 3 heterocycles. The Morgan fingerprint density at radius 3 is 2.30 bits per heavy atom. The van der Waals surface area contributed by atoms with E-state index in [1.807, 2.05) is 84.9 Å². The summed E-state index contributed by atoms with van der Waals surface area (Å²) in [6.45, 7) is 7.32. The lowest BCUT2D eigenvalue weighted by atomic mass is 9.43. The number of aliphatic hydroxyl groups is 3. The SMILES string of the molecule is COc1ccccc1C(OC[C@@H]1C[C@@H](OC(=O)CCCCCNC(=O)CC[C@@H](C)[C@H]2CC[C@H]3[C@@H]4[C@H](O)C[C@@H]5C[C@H](O)CC[C@]5(C)[C@H]4C[C@H](O)[C@]23C)[C@H](n2cnc3c(NC(=O)OCCc4ccc([N+](=O)[O-])cc4)ncnc32)O1)(c1ccccc1)c1ccccc1. The first-order valence-electron chi connectivity index (χ1n) is 31.9. The number of nitrogens with one attached hydrogen (secondary N) is 2. The first kappa shape index (κ1) is 63.2. The summed E-state index contributed by atoms with van der Waals surface area (Å²) in [4.78, 5) is 64.5. The number of nitro groups is 1. The van der Waals surface area contributed by atoms with Crippen LogP contribution in [0.3, 0.4) is 0 Å². The zero-order chi connectivity index (χ0) is 62.5. The number of anilines is 1. The van der Waals surface area contributed by atoms with Crippen LogP contribution in [0.25, 0.3) is 11.2 Å². The molecule has 4 saturated carbocycles. The molecule has 1 aliphatic heterocycles. The Kier molecular flexibility index (Phi) is 19.5. The number of hydrogen-bond donors (Lipinski definition) is 5. The van der Waals surface area contributed by atoms with Crippen molar-refractivity contribution in [1.82, 2.24) is 24.8 Å². The number of rotatable bonds is 24. The Balaban J connectivity index is 0.717. The van der Waals surface area contributed by atoms with Crippen LogP contribution >= 0.6 is 0 Å². The van der Waals surface area contributed by atoms with E-state index >= 15 is 0 Å². The number of methoxy groups -OCH3 is 1. The minimum absolute atomic E-state index is 0.0139. The number of imidazole rings is 1. The van der Waals surface area contributed by atoms with Crippen molar-refractivity contribution in [3.8, 4) is 5.75 Å². The maximum Gasteiger partial charge on any atom is 0.412 e. The number of fused-ring (bicyclic) bond motifs is 6. The molecule has 0 bridgehead atoms. The number of aromatic nitrogens is 4. The smallest absolute Gasteiger partial charge is 0.412 e. The molecular weight excluding hydrogens is 1130 g/mol. The molecule has 1 saturated heterocycles. The van der Waals surface area contributed by atoms with Crippen LogP contribution in [0.2, 0.25) is 0 Å². The van der Waals surface area contributed by atoms with Gasteiger partial charge in [0.05, 0.1) is 56.0 Å². The number of non-ortho nitro benzene ring substituents is 1. The van der Waals surface area contributed by atoms with E-state index in [2.05, 4.69) is 46.4 Å². The summed E-state index contributed by atoms with van der Waals surface area (Å²) in [7, 11) is 1.63. The van der Waals surface area contributed by atoms with E-state index in [-0.39, 0.29) is 101 Å². The molecule has 0 radical (unpaired) electrons. The lowest BCUT2D eigenvalue weighted by Crippen LogP contribution is -2.62. The molecule has 2 amide bonds. The lowest BCUT2D eigenvalue weighted by Gasteiger charge is -2.63. The molecule has 6 aromatic rings. The van der Waals surface area contributed by atoms with Crippen molar-refractivity contribution in [2.24, 2.45) is 46.3 Å². The summed E-state index contributed by atoms with van der Waals surface area (Å²) < 4.78 is 33.5. The monoisotopic (exact) mass is 1220 g/mol. The van der Waals surface area contributed by atoms with Gasteiger partial charge in [0.15, 0.2) is 23.2 Å². The van der Waals surface area contributed by atoms with Gasteiger partial charge in [-0.15, -0.1) is 0 Å². The van der Waals surface area contributed by atoms with Crippen molar-refractivity contribution in [1.29, 1.82) is 0 Å². The number of hydrogen-bond acceptors (Lipinski definition) is 16. The fourth-order valence-corrected chi connectivity index (χ4v) is 16.5. The van der Waals surface area contributed by atoms with Gasteiger partial charge in [0.1, 0.15) is 23.8 Å². The number of carbonyl (C=O) groups is 3. The Hall–Kier alpha value is -7.36. The third kappa shape index (κ3) is 13.0. The van der Waals surface area contributed by atoms with Crippen molar-refractivity contribution in [3.63, 3.8) is 0 Å². The molecule has 14 atom stereocenters. The number of unbranched alkanes of at least 4 members (excludes halogenated alkanes) is 2. The zero-order valence-corrected chi connectivity index (χ0v) is 51.4. The summed E-state index contributed by atoms with van der Waals surface area (Å²) >= 11 is 0. The van der Waals surface area contributed by atoms with Gasteiger partial charge >= 0.3 is 12.1 Å². The van der Waals surface area contributed by atoms with Crippen LogP contribution in [0.4, 0.5) is 16.3 Å². The number of esters is 1. The molecule has 4 aliphatic carbocycles. The molecule has 474 valence electrons. The van der Waals surface area contributed by atoms with Crippen LogP contribution in [-0.4, -0.2) is 115 Å². The average molecular weight is 1220 g/mol. The summed E-state index contributed by atoms with van der Waals surface area (Å²) in [5.74, 6) is 1.58. The number of ether oxygens (including phenoxy) is 5. The number of carbonyl (C=O) groups excluding carboxylic acids is 3. The number of benzene rings is 4. The van der Waals surface area contributed by atoms with Crippen molar-refractivity contribution in [2.45, 2.75) is 159 Å². The Bertz CT molecular complexity index is 3370. The second kappa shape index (κ2) is 27.4. The third-order valence-corrected chi connectivity index (χ3v) is 21.1. The van der Waals surface area contributed by atoms with E-state index in [0.717, 1.165) is 60.8 Å². The van der Waals surface area contributed by atoms with Gasteiger partial charge in [-0.2, -0.15) is 0 Å². The standard InChI is InChI=1S/C69H85N7O13/c1-43(51-28-29-53-61-54(39-58(79)68(51,53)3)67(2)33-31-49(77)36-47(67)37-55(61)78)23-30-59(80)70-34-15-7-12-22-60(81)89-57-38-50(40-87-69(45-16-8-5-9-17-45,46-18-10-6-11-19-46)52-20-13-14-21-56(52)85-4)88-65(57)75-42-73-62-63(71-41-72-64(62)75)74-66(82)86-35-32-44-24-26-48(27-25-44)76(83)84/h5-6,8-11,13-14,16-21,24-27,41-43,47,49-51,53-55,57-58,61,65,77-79H,7,12,15,22-23,28-40H2,1-4H3,(H,70,80)(H,71,72,74,82)/t43-,47+,49-,50+,51-,53+,54+,55-,57-,58+,61+,65-,67+,68-/m1/s1. The van der Waals surface area contributed by atoms with E-state index in [1.54, 1.807) is 23.8 Å². The van der Waals surface area contributed by atoms with Gasteiger partial charge in [-0.1, -0.05) is 118 Å². The number of amides is 2. The quantitative estimate of drug-likeness (QED) is 0.0124. The molecule has 5 N–H and O–H groups in total. The second-order valence-corrected chi connectivity index (χ2v) is 26.0. The van der Waals surface area contributed by atoms with Crippen LogP contribution < -0.4 is 15.4 Å². The molecule has 4 aromatic carbocycles. The summed E-state index contributed by atoms with van der Waals surface area (Å²) in [5, 5.41) is 51.2. The highest BCUT2D eigenvalue weighted by Gasteiger charge is 2.66. The molecule has 11 rings (SSSR count). The van der Waals surface area contributed by atoms with E-state index in [1.165, 1.54) is 24.8 Å². The maximum atomic E-state index is 13.9. The highest BCUT2D eigenvalue weighted by Crippen LogP contribution is 2.68. The van der Waals surface area contributed by atoms with Gasteiger partial charge in [0.2, 0.25) is 5.91 Å². The Morgan fingerprint density at radius 2 is 1.57 bits per heavy atom. The minimum Gasteiger partial charge on any atom is -0.496 e. The molecule has 20 heteroatoms. The van der Waals surface area contributed by atoms with E-state index < -0.39 is 53.2 Å². The summed E-state index contributed by atoms with van der Waals surface area (Å²) in [5.41, 5.74) is 2.22. The molecule has 5 aliphatic rings.